The van der Waals surface area contributed by atoms with Gasteiger partial charge in [-0.25, -0.2) is 9.18 Å². The molecule has 2 N–H and O–H groups in total. The largest absolute Gasteiger partial charge is 0.453 e. The average Bonchev–Trinajstić information content (AvgIpc) is 2.86. The Balaban J connectivity index is 2.12. The van der Waals surface area contributed by atoms with Crippen LogP contribution >= 0.6 is 0 Å². The molecule has 20 heavy (non-hydrogen) atoms. The zero-order valence-corrected chi connectivity index (χ0v) is 11.6. The minimum atomic E-state index is -0.742. The maximum absolute atomic E-state index is 13.3. The van der Waals surface area contributed by atoms with Crippen LogP contribution in [0.5, 0.6) is 0 Å². The summed E-state index contributed by atoms with van der Waals surface area (Å²) in [6.07, 6.45) is -0.411. The number of ether oxygens (including phenoxy) is 1. The van der Waals surface area contributed by atoms with Gasteiger partial charge in [0, 0.05) is 24.3 Å². The highest BCUT2D eigenvalue weighted by molar-refractivity contribution is 5.67. The third-order valence-electron chi connectivity index (χ3n) is 3.48. The summed E-state index contributed by atoms with van der Waals surface area (Å²) >= 11 is 0. The maximum Gasteiger partial charge on any atom is 0.407 e. The molecule has 1 aliphatic heterocycles. The molecule has 1 aromatic rings. The molecule has 0 radical (unpaired) electrons. The first kappa shape index (κ1) is 14.6. The first-order valence-electron chi connectivity index (χ1n) is 6.58. The third-order valence-corrected chi connectivity index (χ3v) is 3.48. The first-order chi connectivity index (χ1) is 9.51. The Morgan fingerprint density at radius 2 is 2.35 bits per heavy atom. The summed E-state index contributed by atoms with van der Waals surface area (Å²) in [7, 11) is 1.33. The number of aliphatic hydroxyl groups is 1. The number of anilines is 1. The molecule has 6 heteroatoms. The second-order valence-electron chi connectivity index (χ2n) is 4.95. The van der Waals surface area contributed by atoms with Crippen LogP contribution in [0.25, 0.3) is 0 Å². The van der Waals surface area contributed by atoms with E-state index in [0.29, 0.717) is 12.1 Å². The predicted molar refractivity (Wildman–Crippen MR) is 73.2 cm³/mol. The van der Waals surface area contributed by atoms with Crippen LogP contribution in [-0.4, -0.2) is 37.4 Å². The summed E-state index contributed by atoms with van der Waals surface area (Å²) in [6, 6.07) is 4.38. The molecule has 2 atom stereocenters. The molecular weight excluding hydrogens is 263 g/mol. The Hall–Kier alpha value is -1.82. The van der Waals surface area contributed by atoms with Gasteiger partial charge in [0.2, 0.25) is 0 Å². The lowest BCUT2D eigenvalue weighted by Crippen LogP contribution is -2.37. The summed E-state index contributed by atoms with van der Waals surface area (Å²) < 4.78 is 17.9. The molecular formula is C14H19FN2O3. The van der Waals surface area contributed by atoms with Crippen LogP contribution in [0.4, 0.5) is 14.9 Å². The van der Waals surface area contributed by atoms with Gasteiger partial charge in [0.25, 0.3) is 0 Å². The van der Waals surface area contributed by atoms with Crippen molar-refractivity contribution in [2.45, 2.75) is 25.5 Å². The van der Waals surface area contributed by atoms with E-state index in [9.17, 15) is 14.3 Å². The Morgan fingerprint density at radius 1 is 1.60 bits per heavy atom. The molecule has 1 fully saturated rings. The van der Waals surface area contributed by atoms with E-state index in [-0.39, 0.29) is 11.9 Å². The highest BCUT2D eigenvalue weighted by Gasteiger charge is 2.26. The van der Waals surface area contributed by atoms with Crippen molar-refractivity contribution in [2.24, 2.45) is 0 Å². The number of benzene rings is 1. The lowest BCUT2D eigenvalue weighted by Gasteiger charge is -2.23. The van der Waals surface area contributed by atoms with Gasteiger partial charge in [0.15, 0.2) is 0 Å². The fourth-order valence-corrected chi connectivity index (χ4v) is 2.47. The van der Waals surface area contributed by atoms with E-state index < -0.39 is 12.2 Å². The van der Waals surface area contributed by atoms with E-state index in [2.05, 4.69) is 10.1 Å². The lowest BCUT2D eigenvalue weighted by atomic mass is 10.1. The van der Waals surface area contributed by atoms with Crippen LogP contribution in [0.1, 0.15) is 25.0 Å². The summed E-state index contributed by atoms with van der Waals surface area (Å²) in [5, 5.41) is 12.5. The number of rotatable bonds is 3. The van der Waals surface area contributed by atoms with Crippen molar-refractivity contribution in [3.05, 3.63) is 29.6 Å². The van der Waals surface area contributed by atoms with E-state index in [4.69, 9.17) is 0 Å². The van der Waals surface area contributed by atoms with Crippen molar-refractivity contribution in [1.82, 2.24) is 5.32 Å². The molecule has 110 valence electrons. The van der Waals surface area contributed by atoms with Gasteiger partial charge in [-0.15, -0.1) is 0 Å². The number of hydrogen-bond acceptors (Lipinski definition) is 4. The van der Waals surface area contributed by atoms with E-state index in [0.717, 1.165) is 18.7 Å². The van der Waals surface area contributed by atoms with Gasteiger partial charge in [0.05, 0.1) is 19.3 Å². The molecule has 1 aromatic carbocycles. The first-order valence-corrected chi connectivity index (χ1v) is 6.58. The van der Waals surface area contributed by atoms with Gasteiger partial charge >= 0.3 is 6.09 Å². The monoisotopic (exact) mass is 282 g/mol. The molecule has 1 heterocycles. The van der Waals surface area contributed by atoms with E-state index >= 15 is 0 Å². The van der Waals surface area contributed by atoms with Crippen LogP contribution in [0.15, 0.2) is 18.2 Å². The van der Waals surface area contributed by atoms with Crippen molar-refractivity contribution in [1.29, 1.82) is 0 Å². The fraction of sp³-hybridized carbons (Fsp3) is 0.500. The molecule has 1 saturated heterocycles. The number of amides is 1. The predicted octanol–water partition coefficient (Wildman–Crippen LogP) is 1.81. The molecule has 0 spiro atoms. The number of halogens is 1. The van der Waals surface area contributed by atoms with Crippen LogP contribution in [0.3, 0.4) is 0 Å². The van der Waals surface area contributed by atoms with Gasteiger partial charge in [-0.3, -0.25) is 0 Å². The molecule has 1 aliphatic rings. The van der Waals surface area contributed by atoms with Gasteiger partial charge in [-0.05, 0) is 31.5 Å². The zero-order valence-electron chi connectivity index (χ0n) is 11.6. The number of carbonyl (C=O) groups is 1. The molecule has 1 amide bonds. The van der Waals surface area contributed by atoms with Crippen molar-refractivity contribution in [3.8, 4) is 0 Å². The lowest BCUT2D eigenvalue weighted by molar-refractivity contribution is 0.167. The van der Waals surface area contributed by atoms with Gasteiger partial charge in [-0.1, -0.05) is 0 Å². The van der Waals surface area contributed by atoms with Crippen LogP contribution < -0.4 is 10.2 Å². The standard InChI is InChI=1S/C14H19FN2O3/c1-9(18)12-7-10(15)3-4-13(12)17-6-5-11(8-17)16-14(19)20-2/h3-4,7,9,11,18H,5-6,8H2,1-2H3,(H,16,19). The molecule has 0 aliphatic carbocycles. The van der Waals surface area contributed by atoms with E-state index in [1.807, 2.05) is 4.90 Å². The number of nitrogens with zero attached hydrogens (tertiary/aromatic N) is 1. The normalized spacial score (nSPS) is 19.8. The Kier molecular flexibility index (Phi) is 4.44. The molecule has 0 saturated carbocycles. The average molecular weight is 282 g/mol. The van der Waals surface area contributed by atoms with Gasteiger partial charge < -0.3 is 20.1 Å². The van der Waals surface area contributed by atoms with Crippen LogP contribution in [0.2, 0.25) is 0 Å². The third kappa shape index (κ3) is 3.19. The highest BCUT2D eigenvalue weighted by Crippen LogP contribution is 2.29. The molecule has 2 unspecified atom stereocenters. The quantitative estimate of drug-likeness (QED) is 0.887. The summed E-state index contributed by atoms with van der Waals surface area (Å²) in [5.74, 6) is -0.368. The number of aliphatic hydroxyl groups excluding tert-OH is 1. The highest BCUT2D eigenvalue weighted by atomic mass is 19.1. The summed E-state index contributed by atoms with van der Waals surface area (Å²) in [5.41, 5.74) is 1.36. The topological polar surface area (TPSA) is 61.8 Å². The number of hydrogen-bond donors (Lipinski definition) is 2. The molecule has 2 rings (SSSR count). The second-order valence-corrected chi connectivity index (χ2v) is 4.95. The SMILES string of the molecule is COC(=O)NC1CCN(c2ccc(F)cc2C(C)O)C1. The summed E-state index contributed by atoms with van der Waals surface area (Å²) in [6.45, 7) is 2.96. The Labute approximate surface area is 117 Å². The van der Waals surface area contributed by atoms with E-state index in [1.54, 1.807) is 13.0 Å². The Morgan fingerprint density at radius 3 is 3.00 bits per heavy atom. The van der Waals surface area contributed by atoms with Crippen molar-refractivity contribution in [3.63, 3.8) is 0 Å². The van der Waals surface area contributed by atoms with Gasteiger partial charge in [0.1, 0.15) is 5.82 Å². The maximum atomic E-state index is 13.3. The summed E-state index contributed by atoms with van der Waals surface area (Å²) in [4.78, 5) is 13.2. The zero-order chi connectivity index (χ0) is 14.7. The molecule has 0 bridgehead atoms. The van der Waals surface area contributed by atoms with Crippen molar-refractivity contribution < 1.29 is 19.0 Å². The number of methoxy groups -OCH3 is 1. The number of nitrogens with one attached hydrogen (secondary N) is 1. The Bertz CT molecular complexity index is 493. The minimum Gasteiger partial charge on any atom is -0.453 e. The van der Waals surface area contributed by atoms with Gasteiger partial charge in [-0.2, -0.15) is 0 Å². The minimum absolute atomic E-state index is 0.00523. The number of alkyl carbamates (subject to hydrolysis) is 1. The molecule has 0 aromatic heterocycles. The molecule has 5 nitrogen and oxygen atoms in total. The van der Waals surface area contributed by atoms with Crippen molar-refractivity contribution >= 4 is 11.8 Å². The van der Waals surface area contributed by atoms with Crippen LogP contribution in [-0.2, 0) is 4.74 Å². The fourth-order valence-electron chi connectivity index (χ4n) is 2.47. The van der Waals surface area contributed by atoms with Crippen LogP contribution in [0, 0.1) is 5.82 Å². The van der Waals surface area contributed by atoms with E-state index in [1.165, 1.54) is 19.2 Å². The smallest absolute Gasteiger partial charge is 0.407 e. The van der Waals surface area contributed by atoms with Crippen molar-refractivity contribution in [2.75, 3.05) is 25.1 Å². The number of carbonyl (C=O) groups excluding carboxylic acids is 1. The second kappa shape index (κ2) is 6.09.